The van der Waals surface area contributed by atoms with Crippen LogP contribution in [0.2, 0.25) is 0 Å². The van der Waals surface area contributed by atoms with Gasteiger partial charge in [0, 0.05) is 18.9 Å². The molecular formula is C17H18NO5S2-. The number of carbonyl (C=O) groups is 2. The minimum Gasteiger partial charge on any atom is -0.550 e. The largest absolute Gasteiger partial charge is 0.550 e. The van der Waals surface area contributed by atoms with Gasteiger partial charge in [-0.2, -0.15) is 0 Å². The number of thioether (sulfide) groups is 1. The van der Waals surface area contributed by atoms with Gasteiger partial charge in [-0.1, -0.05) is 37.0 Å². The van der Waals surface area contributed by atoms with Crippen molar-refractivity contribution in [3.8, 4) is 11.5 Å². The van der Waals surface area contributed by atoms with Gasteiger partial charge in [0.2, 0.25) is 0 Å². The third-order valence-electron chi connectivity index (χ3n) is 3.36. The predicted molar refractivity (Wildman–Crippen MR) is 98.3 cm³/mol. The molecule has 25 heavy (non-hydrogen) atoms. The van der Waals surface area contributed by atoms with Crippen LogP contribution in [0, 0.1) is 0 Å². The summed E-state index contributed by atoms with van der Waals surface area (Å²) in [6, 6.07) is 5.39. The topological polar surface area (TPSA) is 78.9 Å². The van der Waals surface area contributed by atoms with E-state index in [0.29, 0.717) is 27.3 Å². The number of thiocarbonyl (C=S) groups is 1. The van der Waals surface area contributed by atoms with Crippen molar-refractivity contribution in [2.45, 2.75) is 19.8 Å². The maximum Gasteiger partial charge on any atom is 0.266 e. The standard InChI is InChI=1S/C17H19NO5S2/c1-3-8-23-12-5-4-11(9-13(12)22-2)10-14-16(21)18(17(24)25-14)7-6-15(19)20/h4-5,9-10H,3,6-8H2,1-2H3,(H,19,20)/p-1/b14-10-. The summed E-state index contributed by atoms with van der Waals surface area (Å²) in [5.74, 6) is -0.301. The monoisotopic (exact) mass is 380 g/mol. The van der Waals surface area contributed by atoms with E-state index in [9.17, 15) is 14.7 Å². The van der Waals surface area contributed by atoms with Crippen LogP contribution in [0.1, 0.15) is 25.3 Å². The number of carboxylic acids is 1. The van der Waals surface area contributed by atoms with Crippen molar-refractivity contribution in [2.24, 2.45) is 0 Å². The Bertz CT molecular complexity index is 717. The van der Waals surface area contributed by atoms with Gasteiger partial charge in [-0.05, 0) is 30.2 Å². The summed E-state index contributed by atoms with van der Waals surface area (Å²) in [6.07, 6.45) is 2.33. The average Bonchev–Trinajstić information content (AvgIpc) is 2.85. The fraction of sp³-hybridized carbons (Fsp3) is 0.353. The number of carboxylic acid groups (broad SMARTS) is 1. The Morgan fingerprint density at radius 2 is 2.16 bits per heavy atom. The van der Waals surface area contributed by atoms with E-state index < -0.39 is 5.97 Å². The molecular weight excluding hydrogens is 362 g/mol. The van der Waals surface area contributed by atoms with Crippen molar-refractivity contribution in [3.05, 3.63) is 28.7 Å². The maximum atomic E-state index is 12.4. The molecule has 0 aromatic heterocycles. The lowest BCUT2D eigenvalue weighted by molar-refractivity contribution is -0.305. The Labute approximate surface area is 155 Å². The van der Waals surface area contributed by atoms with Crippen molar-refractivity contribution in [2.75, 3.05) is 20.3 Å². The summed E-state index contributed by atoms with van der Waals surface area (Å²) in [7, 11) is 1.55. The van der Waals surface area contributed by atoms with Crippen LogP contribution in [0.15, 0.2) is 23.1 Å². The van der Waals surface area contributed by atoms with Gasteiger partial charge < -0.3 is 19.4 Å². The van der Waals surface area contributed by atoms with E-state index in [0.717, 1.165) is 23.7 Å². The maximum absolute atomic E-state index is 12.4. The van der Waals surface area contributed by atoms with Crippen molar-refractivity contribution >= 4 is 46.3 Å². The number of hydrogen-bond acceptors (Lipinski definition) is 7. The second-order valence-corrected chi connectivity index (χ2v) is 6.89. The lowest BCUT2D eigenvalue weighted by Crippen LogP contribution is -2.33. The predicted octanol–water partition coefficient (Wildman–Crippen LogP) is 1.83. The number of nitrogens with zero attached hydrogens (tertiary/aromatic N) is 1. The van der Waals surface area contributed by atoms with Crippen LogP contribution >= 0.6 is 24.0 Å². The normalized spacial score (nSPS) is 15.8. The second-order valence-electron chi connectivity index (χ2n) is 5.21. The first-order valence-electron chi connectivity index (χ1n) is 7.72. The number of amides is 1. The fourth-order valence-corrected chi connectivity index (χ4v) is 3.46. The highest BCUT2D eigenvalue weighted by Crippen LogP contribution is 2.34. The number of benzene rings is 1. The molecule has 0 atom stereocenters. The van der Waals surface area contributed by atoms with Crippen molar-refractivity contribution < 1.29 is 24.2 Å². The minimum absolute atomic E-state index is 0.0114. The first-order valence-corrected chi connectivity index (χ1v) is 8.94. The quantitative estimate of drug-likeness (QED) is 0.503. The number of carbonyl (C=O) groups excluding carboxylic acids is 2. The molecule has 1 heterocycles. The van der Waals surface area contributed by atoms with Gasteiger partial charge >= 0.3 is 0 Å². The lowest BCUT2D eigenvalue weighted by atomic mass is 10.2. The molecule has 0 N–H and O–H groups in total. The van der Waals surface area contributed by atoms with E-state index in [1.807, 2.05) is 13.0 Å². The van der Waals surface area contributed by atoms with Gasteiger partial charge in [0.25, 0.3) is 5.91 Å². The van der Waals surface area contributed by atoms with Crippen molar-refractivity contribution in [1.82, 2.24) is 4.90 Å². The number of hydrogen-bond donors (Lipinski definition) is 0. The SMILES string of the molecule is CCCOc1ccc(/C=C2\SC(=S)N(CCC(=O)[O-])C2=O)cc1OC. The molecule has 0 saturated carbocycles. The zero-order valence-corrected chi connectivity index (χ0v) is 15.6. The van der Waals surface area contributed by atoms with E-state index in [1.165, 1.54) is 4.90 Å². The van der Waals surface area contributed by atoms with E-state index in [2.05, 4.69) is 0 Å². The van der Waals surface area contributed by atoms with Gasteiger partial charge in [-0.15, -0.1) is 0 Å². The summed E-state index contributed by atoms with van der Waals surface area (Å²) < 4.78 is 11.3. The smallest absolute Gasteiger partial charge is 0.266 e. The van der Waals surface area contributed by atoms with Gasteiger partial charge in [0.1, 0.15) is 4.32 Å². The average molecular weight is 380 g/mol. The van der Waals surface area contributed by atoms with Crippen molar-refractivity contribution in [1.29, 1.82) is 0 Å². The Balaban J connectivity index is 2.18. The molecule has 1 aliphatic heterocycles. The molecule has 1 aromatic carbocycles. The molecule has 0 unspecified atom stereocenters. The number of rotatable bonds is 8. The number of ether oxygens (including phenoxy) is 2. The summed E-state index contributed by atoms with van der Waals surface area (Å²) in [4.78, 5) is 24.7. The molecule has 0 aliphatic carbocycles. The molecule has 1 saturated heterocycles. The van der Waals surface area contributed by atoms with Crippen molar-refractivity contribution in [3.63, 3.8) is 0 Å². The van der Waals surface area contributed by atoms with Gasteiger partial charge in [-0.3, -0.25) is 9.69 Å². The van der Waals surface area contributed by atoms with E-state index in [1.54, 1.807) is 25.3 Å². The summed E-state index contributed by atoms with van der Waals surface area (Å²) in [5, 5.41) is 10.6. The van der Waals surface area contributed by atoms with Crippen LogP contribution in [0.25, 0.3) is 6.08 Å². The third kappa shape index (κ3) is 4.96. The zero-order chi connectivity index (χ0) is 18.4. The van der Waals surface area contributed by atoms with Crippen LogP contribution in [0.5, 0.6) is 11.5 Å². The zero-order valence-electron chi connectivity index (χ0n) is 13.9. The highest BCUT2D eigenvalue weighted by molar-refractivity contribution is 8.26. The minimum atomic E-state index is -1.22. The Kier molecular flexibility index (Phi) is 6.83. The summed E-state index contributed by atoms with van der Waals surface area (Å²) in [6.45, 7) is 2.62. The van der Waals surface area contributed by atoms with Gasteiger partial charge in [0.15, 0.2) is 11.5 Å². The Morgan fingerprint density at radius 3 is 2.80 bits per heavy atom. The molecule has 0 radical (unpaired) electrons. The Hall–Kier alpha value is -2.06. The summed E-state index contributed by atoms with van der Waals surface area (Å²) in [5.41, 5.74) is 0.765. The van der Waals surface area contributed by atoms with E-state index in [4.69, 9.17) is 21.7 Å². The van der Waals surface area contributed by atoms with Crippen LogP contribution in [-0.2, 0) is 9.59 Å². The molecule has 6 nitrogen and oxygen atoms in total. The van der Waals surface area contributed by atoms with Crippen LogP contribution < -0.4 is 14.6 Å². The second kappa shape index (κ2) is 8.87. The van der Waals surface area contributed by atoms with Crippen LogP contribution in [-0.4, -0.2) is 41.4 Å². The lowest BCUT2D eigenvalue weighted by Gasteiger charge is -2.14. The van der Waals surface area contributed by atoms with E-state index in [-0.39, 0.29) is 18.9 Å². The van der Waals surface area contributed by atoms with Gasteiger partial charge in [-0.25, -0.2) is 0 Å². The molecule has 134 valence electrons. The Morgan fingerprint density at radius 1 is 1.40 bits per heavy atom. The van der Waals surface area contributed by atoms with Crippen LogP contribution in [0.4, 0.5) is 0 Å². The summed E-state index contributed by atoms with van der Waals surface area (Å²) >= 11 is 6.29. The molecule has 8 heteroatoms. The molecule has 0 spiro atoms. The molecule has 1 amide bonds. The number of methoxy groups -OCH3 is 1. The molecule has 2 rings (SSSR count). The highest BCUT2D eigenvalue weighted by Gasteiger charge is 2.31. The molecule has 1 aliphatic rings. The third-order valence-corrected chi connectivity index (χ3v) is 4.74. The molecule has 1 fully saturated rings. The fourth-order valence-electron chi connectivity index (χ4n) is 2.15. The van der Waals surface area contributed by atoms with Crippen LogP contribution in [0.3, 0.4) is 0 Å². The van der Waals surface area contributed by atoms with Gasteiger partial charge in [0.05, 0.1) is 18.6 Å². The number of aliphatic carboxylic acids is 1. The molecule has 1 aromatic rings. The molecule has 0 bridgehead atoms. The highest BCUT2D eigenvalue weighted by atomic mass is 32.2. The van der Waals surface area contributed by atoms with E-state index >= 15 is 0 Å². The first-order chi connectivity index (χ1) is 12.0. The first kappa shape index (κ1) is 19.3.